The standard InChI is InChI=1S/C35H46N4O5/c1-5-7-13-23(4)30-20-31(40)37-29(19-25-21-36-27-17-12-11-16-26(25)27)33(41)38-28(18-24-14-9-8-10-15-24)34(42)39-32(22(3)6-2)35(43)44-30/h8-12,14-17,21-23,28-30,32,36H,5-7,13,18-20H2,1-4H3,(H,37,40)(H,38,41)(H,39,42)/t22-,23+,28+,29+,30-,32-/m1/s1. The summed E-state index contributed by atoms with van der Waals surface area (Å²) in [5.41, 5.74) is 2.64. The SMILES string of the molecule is CCCC[C@H](C)[C@H]1CC(=O)N[C@@H](Cc2c[nH]c3ccccc23)C(=O)N[C@@H](Cc2ccccc2)C(=O)N[C@H]([C@H](C)CC)C(=O)O1. The normalized spacial score (nSPS) is 23.3. The topological polar surface area (TPSA) is 129 Å². The number of esters is 1. The Morgan fingerprint density at radius 2 is 1.50 bits per heavy atom. The first-order valence-corrected chi connectivity index (χ1v) is 15.9. The van der Waals surface area contributed by atoms with Crippen molar-refractivity contribution in [2.45, 2.75) is 96.9 Å². The summed E-state index contributed by atoms with van der Waals surface area (Å²) in [4.78, 5) is 58.2. The monoisotopic (exact) mass is 602 g/mol. The van der Waals surface area contributed by atoms with Gasteiger partial charge in [-0.05, 0) is 35.4 Å². The summed E-state index contributed by atoms with van der Waals surface area (Å²) in [5, 5.41) is 9.69. The van der Waals surface area contributed by atoms with Crippen molar-refractivity contribution in [3.05, 3.63) is 71.9 Å². The Labute approximate surface area is 259 Å². The highest BCUT2D eigenvalue weighted by atomic mass is 16.5. The van der Waals surface area contributed by atoms with Crippen molar-refractivity contribution in [1.82, 2.24) is 20.9 Å². The van der Waals surface area contributed by atoms with Gasteiger partial charge in [0.1, 0.15) is 24.2 Å². The smallest absolute Gasteiger partial charge is 0.329 e. The zero-order valence-corrected chi connectivity index (χ0v) is 26.2. The lowest BCUT2D eigenvalue weighted by atomic mass is 9.94. The number of hydrogen-bond donors (Lipinski definition) is 4. The van der Waals surface area contributed by atoms with E-state index in [4.69, 9.17) is 4.74 Å². The van der Waals surface area contributed by atoms with E-state index in [0.717, 1.165) is 41.3 Å². The molecule has 9 heteroatoms. The molecule has 9 nitrogen and oxygen atoms in total. The van der Waals surface area contributed by atoms with E-state index in [0.29, 0.717) is 6.42 Å². The van der Waals surface area contributed by atoms with Crippen molar-refractivity contribution >= 4 is 34.6 Å². The molecule has 2 aromatic carbocycles. The molecule has 0 bridgehead atoms. The van der Waals surface area contributed by atoms with E-state index >= 15 is 0 Å². The van der Waals surface area contributed by atoms with Crippen molar-refractivity contribution in [3.8, 4) is 0 Å². The number of nitrogens with one attached hydrogen (secondary N) is 4. The van der Waals surface area contributed by atoms with E-state index in [-0.39, 0.29) is 37.0 Å². The maximum Gasteiger partial charge on any atom is 0.329 e. The molecule has 4 rings (SSSR count). The predicted octanol–water partition coefficient (Wildman–Crippen LogP) is 4.60. The molecule has 1 aromatic heterocycles. The van der Waals surface area contributed by atoms with Crippen LogP contribution in [-0.2, 0) is 36.8 Å². The molecule has 0 saturated carbocycles. The lowest BCUT2D eigenvalue weighted by Crippen LogP contribution is -2.57. The molecule has 3 amide bonds. The van der Waals surface area contributed by atoms with Crippen molar-refractivity contribution < 1.29 is 23.9 Å². The minimum Gasteiger partial charge on any atom is -0.460 e. The predicted molar refractivity (Wildman–Crippen MR) is 171 cm³/mol. The van der Waals surface area contributed by atoms with Crippen LogP contribution in [0.1, 0.15) is 70.9 Å². The number of fused-ring (bicyclic) bond motifs is 1. The molecule has 0 unspecified atom stereocenters. The van der Waals surface area contributed by atoms with E-state index in [1.165, 1.54) is 0 Å². The van der Waals surface area contributed by atoms with Gasteiger partial charge < -0.3 is 25.7 Å². The van der Waals surface area contributed by atoms with Crippen LogP contribution in [0.3, 0.4) is 0 Å². The molecule has 6 atom stereocenters. The molecule has 1 aliphatic heterocycles. The van der Waals surface area contributed by atoms with Gasteiger partial charge in [0.2, 0.25) is 17.7 Å². The highest BCUT2D eigenvalue weighted by molar-refractivity contribution is 5.95. The van der Waals surface area contributed by atoms with Gasteiger partial charge in [0.15, 0.2) is 0 Å². The fraction of sp³-hybridized carbons (Fsp3) is 0.486. The van der Waals surface area contributed by atoms with Crippen LogP contribution in [0.4, 0.5) is 0 Å². The number of H-pyrrole nitrogens is 1. The summed E-state index contributed by atoms with van der Waals surface area (Å²) < 4.78 is 6.03. The third kappa shape index (κ3) is 8.49. The Bertz CT molecular complexity index is 1420. The Balaban J connectivity index is 1.71. The zero-order chi connectivity index (χ0) is 31.6. The Hall–Kier alpha value is -4.14. The molecule has 1 fully saturated rings. The second kappa shape index (κ2) is 15.5. The fourth-order valence-electron chi connectivity index (χ4n) is 5.71. The highest BCUT2D eigenvalue weighted by Gasteiger charge is 2.36. The molecule has 0 spiro atoms. The maximum absolute atomic E-state index is 13.9. The lowest BCUT2D eigenvalue weighted by Gasteiger charge is -2.29. The first-order valence-electron chi connectivity index (χ1n) is 15.9. The molecule has 4 N–H and O–H groups in total. The van der Waals surface area contributed by atoms with Gasteiger partial charge in [-0.25, -0.2) is 4.79 Å². The van der Waals surface area contributed by atoms with Crippen LogP contribution in [0.5, 0.6) is 0 Å². The van der Waals surface area contributed by atoms with E-state index < -0.39 is 42.0 Å². The van der Waals surface area contributed by atoms with Crippen LogP contribution in [0, 0.1) is 11.8 Å². The van der Waals surface area contributed by atoms with Crippen LogP contribution < -0.4 is 16.0 Å². The van der Waals surface area contributed by atoms with Crippen molar-refractivity contribution in [3.63, 3.8) is 0 Å². The lowest BCUT2D eigenvalue weighted by molar-refractivity contribution is -0.158. The Morgan fingerprint density at radius 3 is 2.23 bits per heavy atom. The molecule has 44 heavy (non-hydrogen) atoms. The van der Waals surface area contributed by atoms with E-state index in [1.54, 1.807) is 0 Å². The van der Waals surface area contributed by atoms with Crippen molar-refractivity contribution in [1.29, 1.82) is 0 Å². The van der Waals surface area contributed by atoms with Gasteiger partial charge in [-0.3, -0.25) is 14.4 Å². The fourth-order valence-corrected chi connectivity index (χ4v) is 5.71. The van der Waals surface area contributed by atoms with Crippen molar-refractivity contribution in [2.75, 3.05) is 0 Å². The average molecular weight is 603 g/mol. The molecule has 2 heterocycles. The first kappa shape index (κ1) is 32.8. The number of benzene rings is 2. The van der Waals surface area contributed by atoms with Crippen LogP contribution >= 0.6 is 0 Å². The second-order valence-corrected chi connectivity index (χ2v) is 12.1. The minimum atomic E-state index is -0.980. The van der Waals surface area contributed by atoms with E-state index in [2.05, 4.69) is 27.9 Å². The number of aromatic amines is 1. The summed E-state index contributed by atoms with van der Waals surface area (Å²) in [7, 11) is 0. The minimum absolute atomic E-state index is 0.0805. The summed E-state index contributed by atoms with van der Waals surface area (Å²) >= 11 is 0. The number of hydrogen-bond acceptors (Lipinski definition) is 5. The van der Waals surface area contributed by atoms with Gasteiger partial charge in [-0.15, -0.1) is 0 Å². The van der Waals surface area contributed by atoms with Gasteiger partial charge >= 0.3 is 5.97 Å². The molecule has 3 aromatic rings. The quantitative estimate of drug-likeness (QED) is 0.252. The summed E-state index contributed by atoms with van der Waals surface area (Å²) in [6, 6.07) is 14.3. The number of para-hydroxylation sites is 1. The number of unbranched alkanes of at least 4 members (excludes halogenated alkanes) is 1. The molecule has 1 aliphatic rings. The number of rotatable bonds is 10. The number of carbonyl (C=O) groups is 4. The average Bonchev–Trinajstić information content (AvgIpc) is 3.43. The maximum atomic E-state index is 13.9. The summed E-state index contributed by atoms with van der Waals surface area (Å²) in [5.74, 6) is -2.20. The number of carbonyl (C=O) groups excluding carboxylic acids is 4. The number of aromatic nitrogens is 1. The van der Waals surface area contributed by atoms with E-state index in [9.17, 15) is 19.2 Å². The summed E-state index contributed by atoms with van der Waals surface area (Å²) in [6.07, 6.45) is 4.79. The van der Waals surface area contributed by atoms with Gasteiger partial charge in [0.25, 0.3) is 0 Å². The third-order valence-corrected chi connectivity index (χ3v) is 8.73. The van der Waals surface area contributed by atoms with Crippen LogP contribution in [0.2, 0.25) is 0 Å². The molecular weight excluding hydrogens is 556 g/mol. The highest BCUT2D eigenvalue weighted by Crippen LogP contribution is 2.23. The largest absolute Gasteiger partial charge is 0.460 e. The number of cyclic esters (lactones) is 1. The molecule has 0 radical (unpaired) electrons. The van der Waals surface area contributed by atoms with Gasteiger partial charge in [-0.2, -0.15) is 0 Å². The van der Waals surface area contributed by atoms with Crippen LogP contribution in [-0.4, -0.2) is 52.9 Å². The molecule has 1 saturated heterocycles. The van der Waals surface area contributed by atoms with E-state index in [1.807, 2.05) is 81.6 Å². The first-order chi connectivity index (χ1) is 21.2. The second-order valence-electron chi connectivity index (χ2n) is 12.1. The third-order valence-electron chi connectivity index (χ3n) is 8.73. The Kier molecular flexibility index (Phi) is 11.6. The van der Waals surface area contributed by atoms with Crippen molar-refractivity contribution in [2.24, 2.45) is 11.8 Å². The Morgan fingerprint density at radius 1 is 0.818 bits per heavy atom. The molecule has 236 valence electrons. The van der Waals surface area contributed by atoms with Crippen LogP contribution in [0.15, 0.2) is 60.8 Å². The van der Waals surface area contributed by atoms with Crippen LogP contribution in [0.25, 0.3) is 10.9 Å². The zero-order valence-electron chi connectivity index (χ0n) is 26.2. The number of ether oxygens (including phenoxy) is 1. The molecule has 0 aliphatic carbocycles. The van der Waals surface area contributed by atoms with Gasteiger partial charge in [-0.1, -0.05) is 95.5 Å². The number of amides is 3. The van der Waals surface area contributed by atoms with Gasteiger partial charge in [0, 0.05) is 29.9 Å². The van der Waals surface area contributed by atoms with Gasteiger partial charge in [0.05, 0.1) is 6.42 Å². The summed E-state index contributed by atoms with van der Waals surface area (Å²) in [6.45, 7) is 7.89. The molecular formula is C35H46N4O5.